The quantitative estimate of drug-likeness (QED) is 0.640. The lowest BCUT2D eigenvalue weighted by molar-refractivity contribution is -0.138. The van der Waals surface area contributed by atoms with Crippen molar-refractivity contribution in [2.75, 3.05) is 6.54 Å². The Balaban J connectivity index is 3.67. The Morgan fingerprint density at radius 2 is 2.08 bits per heavy atom. The summed E-state index contributed by atoms with van der Waals surface area (Å²) in [6.45, 7) is 3.79. The first-order valence-electron chi connectivity index (χ1n) is 4.02. The second-order valence-electron chi connectivity index (χ2n) is 2.81. The molecule has 4 nitrogen and oxygen atoms in total. The molecular formula is C8H15NO3. The maximum absolute atomic E-state index is 10.5. The number of hydrogen-bond donors (Lipinski definition) is 2. The van der Waals surface area contributed by atoms with Gasteiger partial charge in [-0.2, -0.15) is 0 Å². The van der Waals surface area contributed by atoms with Gasteiger partial charge in [0.15, 0.2) is 0 Å². The van der Waals surface area contributed by atoms with Gasteiger partial charge in [-0.05, 0) is 5.92 Å². The predicted molar refractivity (Wildman–Crippen MR) is 44.7 cm³/mol. The molecule has 0 radical (unpaired) electrons. The summed E-state index contributed by atoms with van der Waals surface area (Å²) in [6.07, 6.45) is 0.892. The van der Waals surface area contributed by atoms with Crippen LogP contribution in [0.3, 0.4) is 0 Å². The summed E-state index contributed by atoms with van der Waals surface area (Å²) in [5, 5.41) is 11.1. The van der Waals surface area contributed by atoms with Crippen molar-refractivity contribution in [1.29, 1.82) is 0 Å². The fourth-order valence-electron chi connectivity index (χ4n) is 0.896. The predicted octanol–water partition coefficient (Wildman–Crippen LogP) is 0.623. The van der Waals surface area contributed by atoms with Gasteiger partial charge in [0.1, 0.15) is 0 Å². The Bertz CT molecular complexity index is 168. The average Bonchev–Trinajstić information content (AvgIpc) is 1.97. The number of carbonyl (C=O) groups excluding carboxylic acids is 1. The van der Waals surface area contributed by atoms with Gasteiger partial charge in [0.05, 0.1) is 0 Å². The molecule has 1 amide bonds. The van der Waals surface area contributed by atoms with Crippen molar-refractivity contribution in [1.82, 2.24) is 5.32 Å². The van der Waals surface area contributed by atoms with Crippen molar-refractivity contribution < 1.29 is 14.7 Å². The van der Waals surface area contributed by atoms with Gasteiger partial charge in [0.25, 0.3) is 0 Å². The summed E-state index contributed by atoms with van der Waals surface area (Å²) in [4.78, 5) is 20.8. The van der Waals surface area contributed by atoms with E-state index < -0.39 is 5.97 Å². The standard InChI is InChI=1S/C8H15NO3/c1-3-7(4-8(11)12)5-9-6(2)10/h7H,3-5H2,1-2H3,(H,9,10)(H,11,12). The highest BCUT2D eigenvalue weighted by Crippen LogP contribution is 2.05. The lowest BCUT2D eigenvalue weighted by Crippen LogP contribution is -2.27. The molecule has 0 saturated carbocycles. The van der Waals surface area contributed by atoms with Crippen molar-refractivity contribution in [3.8, 4) is 0 Å². The van der Waals surface area contributed by atoms with Gasteiger partial charge in [-0.15, -0.1) is 0 Å². The largest absolute Gasteiger partial charge is 0.481 e. The maximum atomic E-state index is 10.5. The summed E-state index contributed by atoms with van der Waals surface area (Å²) in [7, 11) is 0. The summed E-state index contributed by atoms with van der Waals surface area (Å²) >= 11 is 0. The van der Waals surface area contributed by atoms with E-state index in [1.807, 2.05) is 6.92 Å². The van der Waals surface area contributed by atoms with E-state index in [0.717, 1.165) is 6.42 Å². The molecule has 0 aromatic heterocycles. The summed E-state index contributed by atoms with van der Waals surface area (Å²) in [6, 6.07) is 0. The minimum atomic E-state index is -0.813. The number of amides is 1. The van der Waals surface area contributed by atoms with E-state index in [-0.39, 0.29) is 18.2 Å². The topological polar surface area (TPSA) is 66.4 Å². The summed E-state index contributed by atoms with van der Waals surface area (Å²) < 4.78 is 0. The van der Waals surface area contributed by atoms with E-state index >= 15 is 0 Å². The van der Waals surface area contributed by atoms with E-state index in [4.69, 9.17) is 5.11 Å². The third kappa shape index (κ3) is 5.70. The van der Waals surface area contributed by atoms with Crippen LogP contribution in [-0.2, 0) is 9.59 Å². The van der Waals surface area contributed by atoms with Crippen LogP contribution in [0, 0.1) is 5.92 Å². The normalized spacial score (nSPS) is 12.2. The van der Waals surface area contributed by atoms with Gasteiger partial charge >= 0.3 is 5.97 Å². The second-order valence-corrected chi connectivity index (χ2v) is 2.81. The number of nitrogens with one attached hydrogen (secondary N) is 1. The molecule has 1 unspecified atom stereocenters. The average molecular weight is 173 g/mol. The minimum Gasteiger partial charge on any atom is -0.481 e. The molecule has 4 heteroatoms. The molecule has 0 saturated heterocycles. The zero-order valence-electron chi connectivity index (χ0n) is 7.46. The first kappa shape index (κ1) is 10.9. The highest BCUT2D eigenvalue weighted by Gasteiger charge is 2.10. The van der Waals surface area contributed by atoms with E-state index in [0.29, 0.717) is 6.54 Å². The van der Waals surface area contributed by atoms with Gasteiger partial charge in [-0.3, -0.25) is 9.59 Å². The molecule has 0 aliphatic rings. The van der Waals surface area contributed by atoms with Gasteiger partial charge in [-0.1, -0.05) is 13.3 Å². The number of carboxylic acid groups (broad SMARTS) is 1. The molecule has 1 atom stereocenters. The molecule has 0 aromatic carbocycles. The van der Waals surface area contributed by atoms with Crippen LogP contribution in [0.4, 0.5) is 0 Å². The fraction of sp³-hybridized carbons (Fsp3) is 0.750. The fourth-order valence-corrected chi connectivity index (χ4v) is 0.896. The molecule has 0 bridgehead atoms. The molecule has 0 aliphatic heterocycles. The minimum absolute atomic E-state index is 0.0476. The molecule has 0 rings (SSSR count). The molecular weight excluding hydrogens is 158 g/mol. The Labute approximate surface area is 72.0 Å². The second kappa shape index (κ2) is 5.57. The van der Waals surface area contributed by atoms with Gasteiger partial charge in [0, 0.05) is 19.9 Å². The molecule has 0 fully saturated rings. The van der Waals surface area contributed by atoms with Crippen molar-refractivity contribution in [3.63, 3.8) is 0 Å². The van der Waals surface area contributed by atoms with Crippen LogP contribution in [0.15, 0.2) is 0 Å². The van der Waals surface area contributed by atoms with Crippen molar-refractivity contribution >= 4 is 11.9 Å². The zero-order valence-corrected chi connectivity index (χ0v) is 7.46. The molecule has 12 heavy (non-hydrogen) atoms. The Morgan fingerprint density at radius 3 is 2.42 bits per heavy atom. The van der Waals surface area contributed by atoms with Crippen LogP contribution >= 0.6 is 0 Å². The Kier molecular flexibility index (Phi) is 5.08. The number of carbonyl (C=O) groups is 2. The van der Waals surface area contributed by atoms with Crippen LogP contribution < -0.4 is 5.32 Å². The molecule has 70 valence electrons. The number of aliphatic carboxylic acids is 1. The van der Waals surface area contributed by atoms with E-state index in [2.05, 4.69) is 5.32 Å². The summed E-state index contributed by atoms with van der Waals surface area (Å²) in [5.74, 6) is -0.877. The SMILES string of the molecule is CCC(CNC(C)=O)CC(=O)O. The van der Waals surface area contributed by atoms with Gasteiger partial charge in [0.2, 0.25) is 5.91 Å². The molecule has 0 heterocycles. The Morgan fingerprint density at radius 1 is 1.50 bits per heavy atom. The highest BCUT2D eigenvalue weighted by molar-refractivity contribution is 5.73. The van der Waals surface area contributed by atoms with Crippen LogP contribution in [-0.4, -0.2) is 23.5 Å². The summed E-state index contributed by atoms with van der Waals surface area (Å²) in [5.41, 5.74) is 0. The number of hydrogen-bond acceptors (Lipinski definition) is 2. The van der Waals surface area contributed by atoms with Crippen LogP contribution in [0.2, 0.25) is 0 Å². The maximum Gasteiger partial charge on any atom is 0.303 e. The van der Waals surface area contributed by atoms with Crippen molar-refractivity contribution in [3.05, 3.63) is 0 Å². The lowest BCUT2D eigenvalue weighted by atomic mass is 10.0. The molecule has 0 aliphatic carbocycles. The zero-order chi connectivity index (χ0) is 9.56. The molecule has 0 spiro atoms. The van der Waals surface area contributed by atoms with Gasteiger partial charge < -0.3 is 10.4 Å². The number of rotatable bonds is 5. The van der Waals surface area contributed by atoms with E-state index in [1.54, 1.807) is 0 Å². The third-order valence-corrected chi connectivity index (χ3v) is 1.68. The van der Waals surface area contributed by atoms with Crippen molar-refractivity contribution in [2.24, 2.45) is 5.92 Å². The van der Waals surface area contributed by atoms with Crippen LogP contribution in [0.5, 0.6) is 0 Å². The smallest absolute Gasteiger partial charge is 0.303 e. The van der Waals surface area contributed by atoms with Gasteiger partial charge in [-0.25, -0.2) is 0 Å². The highest BCUT2D eigenvalue weighted by atomic mass is 16.4. The van der Waals surface area contributed by atoms with Crippen LogP contribution in [0.1, 0.15) is 26.7 Å². The van der Waals surface area contributed by atoms with E-state index in [1.165, 1.54) is 6.92 Å². The molecule has 0 aromatic rings. The molecule has 2 N–H and O–H groups in total. The monoisotopic (exact) mass is 173 g/mol. The van der Waals surface area contributed by atoms with Crippen molar-refractivity contribution in [2.45, 2.75) is 26.7 Å². The first-order valence-corrected chi connectivity index (χ1v) is 4.02. The third-order valence-electron chi connectivity index (χ3n) is 1.68. The number of carboxylic acids is 1. The first-order chi connectivity index (χ1) is 5.56. The van der Waals surface area contributed by atoms with E-state index in [9.17, 15) is 9.59 Å². The van der Waals surface area contributed by atoms with Crippen LogP contribution in [0.25, 0.3) is 0 Å². The lowest BCUT2D eigenvalue weighted by Gasteiger charge is -2.11. The Hall–Kier alpha value is -1.06.